The van der Waals surface area contributed by atoms with E-state index in [0.717, 1.165) is 55.2 Å². The van der Waals surface area contributed by atoms with Crippen molar-refractivity contribution in [2.75, 3.05) is 32.7 Å². The maximum atomic E-state index is 12.7. The van der Waals surface area contributed by atoms with Crippen LogP contribution in [0.5, 0.6) is 0 Å². The average molecular weight is 386 g/mol. The minimum atomic E-state index is 0.0622. The van der Waals surface area contributed by atoms with E-state index in [1.54, 1.807) is 6.08 Å². The van der Waals surface area contributed by atoms with Gasteiger partial charge < -0.3 is 9.80 Å². The van der Waals surface area contributed by atoms with Crippen LogP contribution in [0.1, 0.15) is 12.5 Å². The number of carbonyl (C=O) groups excluding carboxylic acids is 1. The lowest BCUT2D eigenvalue weighted by atomic mass is 10.1. The van der Waals surface area contributed by atoms with Gasteiger partial charge in [0.1, 0.15) is 0 Å². The Kier molecular flexibility index (Phi) is 5.86. The highest BCUT2D eigenvalue weighted by Crippen LogP contribution is 2.24. The van der Waals surface area contributed by atoms with E-state index in [1.807, 2.05) is 82.5 Å². The summed E-state index contributed by atoms with van der Waals surface area (Å²) in [6, 6.07) is 20.1. The molecule has 0 radical (unpaired) electrons. The predicted octanol–water partition coefficient (Wildman–Crippen LogP) is 3.72. The van der Waals surface area contributed by atoms with Crippen LogP contribution in [0.4, 0.5) is 0 Å². The van der Waals surface area contributed by atoms with Crippen molar-refractivity contribution >= 4 is 12.0 Å². The molecule has 0 aliphatic carbocycles. The fourth-order valence-corrected chi connectivity index (χ4v) is 3.59. The van der Waals surface area contributed by atoms with Crippen LogP contribution >= 0.6 is 0 Å². The Morgan fingerprint density at radius 3 is 2.28 bits per heavy atom. The lowest BCUT2D eigenvalue weighted by molar-refractivity contribution is -0.127. The van der Waals surface area contributed by atoms with E-state index >= 15 is 0 Å². The van der Waals surface area contributed by atoms with Gasteiger partial charge in [0.25, 0.3) is 0 Å². The Balaban J connectivity index is 1.59. The van der Waals surface area contributed by atoms with Crippen molar-refractivity contribution in [3.8, 4) is 16.9 Å². The van der Waals surface area contributed by atoms with E-state index in [9.17, 15) is 4.79 Å². The quantitative estimate of drug-likeness (QED) is 0.628. The SMILES string of the molecule is CCN1CCN(C(=O)C=Cc2cn(-c3ccccc3)nc2-c2ccccc2)CC1. The summed E-state index contributed by atoms with van der Waals surface area (Å²) in [6.07, 6.45) is 5.56. The standard InChI is InChI=1S/C24H26N4O/c1-2-26-15-17-27(18-16-26)23(29)14-13-21-19-28(22-11-7-4-8-12-22)25-24(21)20-9-5-3-6-10-20/h3-14,19H,2,15-18H2,1H3. The van der Waals surface area contributed by atoms with Crippen molar-refractivity contribution in [2.45, 2.75) is 6.92 Å². The number of piperazine rings is 1. The van der Waals surface area contributed by atoms with Crippen LogP contribution in [0, 0.1) is 0 Å². The number of benzene rings is 2. The number of rotatable bonds is 5. The van der Waals surface area contributed by atoms with Crippen molar-refractivity contribution < 1.29 is 4.79 Å². The Labute approximate surface area is 171 Å². The smallest absolute Gasteiger partial charge is 0.246 e. The van der Waals surface area contributed by atoms with Gasteiger partial charge in [-0.25, -0.2) is 4.68 Å². The molecular weight excluding hydrogens is 360 g/mol. The van der Waals surface area contributed by atoms with Gasteiger partial charge in [0, 0.05) is 49.6 Å². The summed E-state index contributed by atoms with van der Waals surface area (Å²) in [7, 11) is 0. The van der Waals surface area contributed by atoms with Crippen LogP contribution in [0.2, 0.25) is 0 Å². The number of hydrogen-bond donors (Lipinski definition) is 0. The lowest BCUT2D eigenvalue weighted by Gasteiger charge is -2.33. The fourth-order valence-electron chi connectivity index (χ4n) is 3.59. The number of carbonyl (C=O) groups is 1. The molecule has 1 aliphatic rings. The molecule has 1 amide bonds. The van der Waals surface area contributed by atoms with Crippen molar-refractivity contribution in [1.82, 2.24) is 19.6 Å². The summed E-state index contributed by atoms with van der Waals surface area (Å²) in [5, 5.41) is 4.80. The molecule has 2 aromatic carbocycles. The minimum Gasteiger partial charge on any atom is -0.337 e. The van der Waals surface area contributed by atoms with Gasteiger partial charge in [0.2, 0.25) is 5.91 Å². The van der Waals surface area contributed by atoms with E-state index in [1.165, 1.54) is 0 Å². The van der Waals surface area contributed by atoms with Gasteiger partial charge >= 0.3 is 0 Å². The molecule has 0 bridgehead atoms. The number of nitrogens with zero attached hydrogens (tertiary/aromatic N) is 4. The van der Waals surface area contributed by atoms with Crippen molar-refractivity contribution in [3.05, 3.63) is 78.5 Å². The number of para-hydroxylation sites is 1. The average Bonchev–Trinajstić information content (AvgIpc) is 3.23. The Bertz CT molecular complexity index is 971. The van der Waals surface area contributed by atoms with Gasteiger partial charge in [-0.3, -0.25) is 4.79 Å². The lowest BCUT2D eigenvalue weighted by Crippen LogP contribution is -2.48. The normalized spacial score (nSPS) is 15.1. The highest BCUT2D eigenvalue weighted by Gasteiger charge is 2.18. The Morgan fingerprint density at radius 2 is 1.62 bits per heavy atom. The molecule has 148 valence electrons. The maximum absolute atomic E-state index is 12.7. The second-order valence-electron chi connectivity index (χ2n) is 7.17. The molecule has 1 saturated heterocycles. The molecular formula is C24H26N4O. The van der Waals surface area contributed by atoms with Gasteiger partial charge in [-0.05, 0) is 24.8 Å². The van der Waals surface area contributed by atoms with Gasteiger partial charge in [-0.1, -0.05) is 55.5 Å². The third-order valence-electron chi connectivity index (χ3n) is 5.35. The third kappa shape index (κ3) is 4.46. The van der Waals surface area contributed by atoms with Gasteiger partial charge in [0.05, 0.1) is 11.4 Å². The summed E-state index contributed by atoms with van der Waals surface area (Å²) in [5.74, 6) is 0.0622. The number of hydrogen-bond acceptors (Lipinski definition) is 3. The predicted molar refractivity (Wildman–Crippen MR) is 117 cm³/mol. The monoisotopic (exact) mass is 386 g/mol. The van der Waals surface area contributed by atoms with E-state index in [4.69, 9.17) is 5.10 Å². The van der Waals surface area contributed by atoms with E-state index in [0.29, 0.717) is 0 Å². The second kappa shape index (κ2) is 8.88. The van der Waals surface area contributed by atoms with E-state index in [-0.39, 0.29) is 5.91 Å². The minimum absolute atomic E-state index is 0.0622. The first-order chi connectivity index (χ1) is 14.2. The fraction of sp³-hybridized carbons (Fsp3) is 0.250. The van der Waals surface area contributed by atoms with Gasteiger partial charge in [0.15, 0.2) is 0 Å². The summed E-state index contributed by atoms with van der Waals surface area (Å²) >= 11 is 0. The van der Waals surface area contributed by atoms with Crippen molar-refractivity contribution in [3.63, 3.8) is 0 Å². The molecule has 29 heavy (non-hydrogen) atoms. The van der Waals surface area contributed by atoms with Crippen LogP contribution < -0.4 is 0 Å². The number of amides is 1. The second-order valence-corrected chi connectivity index (χ2v) is 7.17. The largest absolute Gasteiger partial charge is 0.337 e. The van der Waals surface area contributed by atoms with E-state index in [2.05, 4.69) is 11.8 Å². The molecule has 0 N–H and O–H groups in total. The molecule has 3 aromatic rings. The van der Waals surface area contributed by atoms with Crippen LogP contribution in [-0.2, 0) is 4.79 Å². The first kappa shape index (κ1) is 19.2. The topological polar surface area (TPSA) is 41.4 Å². The number of likely N-dealkylation sites (N-methyl/N-ethyl adjacent to an activating group) is 1. The molecule has 0 saturated carbocycles. The molecule has 0 unspecified atom stereocenters. The van der Waals surface area contributed by atoms with Crippen LogP contribution in [0.25, 0.3) is 23.0 Å². The molecule has 5 heteroatoms. The molecule has 5 nitrogen and oxygen atoms in total. The van der Waals surface area contributed by atoms with Crippen LogP contribution in [-0.4, -0.2) is 58.2 Å². The Hall–Kier alpha value is -3.18. The van der Waals surface area contributed by atoms with Crippen molar-refractivity contribution in [1.29, 1.82) is 0 Å². The maximum Gasteiger partial charge on any atom is 0.246 e. The molecule has 0 atom stereocenters. The number of aromatic nitrogens is 2. The summed E-state index contributed by atoms with van der Waals surface area (Å²) in [5.41, 5.74) is 3.83. The molecule has 0 spiro atoms. The molecule has 1 aromatic heterocycles. The zero-order valence-electron chi connectivity index (χ0n) is 16.7. The highest BCUT2D eigenvalue weighted by molar-refractivity contribution is 5.93. The summed E-state index contributed by atoms with van der Waals surface area (Å²) in [4.78, 5) is 17.0. The van der Waals surface area contributed by atoms with Gasteiger partial charge in [-0.15, -0.1) is 0 Å². The van der Waals surface area contributed by atoms with Crippen LogP contribution in [0.15, 0.2) is 72.9 Å². The highest BCUT2D eigenvalue weighted by atomic mass is 16.2. The van der Waals surface area contributed by atoms with Gasteiger partial charge in [-0.2, -0.15) is 5.10 Å². The Morgan fingerprint density at radius 1 is 0.966 bits per heavy atom. The molecule has 4 rings (SSSR count). The molecule has 2 heterocycles. The zero-order chi connectivity index (χ0) is 20.1. The van der Waals surface area contributed by atoms with Crippen LogP contribution in [0.3, 0.4) is 0 Å². The van der Waals surface area contributed by atoms with E-state index < -0.39 is 0 Å². The zero-order valence-corrected chi connectivity index (χ0v) is 16.7. The molecule has 1 fully saturated rings. The molecule has 1 aliphatic heterocycles. The summed E-state index contributed by atoms with van der Waals surface area (Å²) in [6.45, 7) is 6.65. The summed E-state index contributed by atoms with van der Waals surface area (Å²) < 4.78 is 1.87. The van der Waals surface area contributed by atoms with Crippen molar-refractivity contribution in [2.24, 2.45) is 0 Å². The third-order valence-corrected chi connectivity index (χ3v) is 5.35. The first-order valence-electron chi connectivity index (χ1n) is 10.1. The first-order valence-corrected chi connectivity index (χ1v) is 10.1.